The number of ether oxygens (including phenoxy) is 1. The van der Waals surface area contributed by atoms with Gasteiger partial charge in [-0.3, -0.25) is 4.79 Å². The minimum Gasteiger partial charge on any atom is -0.431 e. The predicted molar refractivity (Wildman–Crippen MR) is 74.2 cm³/mol. The van der Waals surface area contributed by atoms with E-state index in [1.807, 2.05) is 24.3 Å². The molecule has 0 aliphatic heterocycles. The van der Waals surface area contributed by atoms with Crippen molar-refractivity contribution in [2.75, 3.05) is 26.0 Å². The zero-order valence-corrected chi connectivity index (χ0v) is 11.5. The third kappa shape index (κ3) is 4.25. The Hall–Kier alpha value is -1.53. The van der Waals surface area contributed by atoms with Crippen molar-refractivity contribution in [1.82, 2.24) is 10.3 Å². The Morgan fingerprint density at radius 1 is 1.47 bits per heavy atom. The summed E-state index contributed by atoms with van der Waals surface area (Å²) < 4.78 is 10.4. The van der Waals surface area contributed by atoms with Crippen LogP contribution in [0.2, 0.25) is 0 Å². The Labute approximate surface area is 115 Å². The van der Waals surface area contributed by atoms with E-state index in [2.05, 4.69) is 10.3 Å². The van der Waals surface area contributed by atoms with Gasteiger partial charge in [-0.2, -0.15) is 0 Å². The van der Waals surface area contributed by atoms with E-state index in [-0.39, 0.29) is 5.91 Å². The molecule has 2 rings (SSSR count). The van der Waals surface area contributed by atoms with E-state index in [9.17, 15) is 4.79 Å². The van der Waals surface area contributed by atoms with Crippen LogP contribution in [-0.4, -0.2) is 36.9 Å². The summed E-state index contributed by atoms with van der Waals surface area (Å²) >= 11 is 1.30. The van der Waals surface area contributed by atoms with E-state index >= 15 is 0 Å². The Balaban J connectivity index is 1.77. The van der Waals surface area contributed by atoms with Gasteiger partial charge in [-0.25, -0.2) is 4.98 Å². The van der Waals surface area contributed by atoms with E-state index in [1.54, 1.807) is 7.11 Å². The molecule has 0 aliphatic carbocycles. The first kappa shape index (κ1) is 13.9. The van der Waals surface area contributed by atoms with Crippen molar-refractivity contribution in [2.24, 2.45) is 0 Å². The smallest absolute Gasteiger partial charge is 0.257 e. The van der Waals surface area contributed by atoms with Crippen molar-refractivity contribution in [3.05, 3.63) is 24.3 Å². The molecule has 1 heterocycles. The molecule has 0 saturated carbocycles. The van der Waals surface area contributed by atoms with Crippen LogP contribution in [0.4, 0.5) is 0 Å². The van der Waals surface area contributed by atoms with Crippen LogP contribution < -0.4 is 5.32 Å². The highest BCUT2D eigenvalue weighted by Gasteiger charge is 2.08. The second-order valence-corrected chi connectivity index (χ2v) is 4.86. The van der Waals surface area contributed by atoms with Crippen LogP contribution in [0.1, 0.15) is 6.42 Å². The van der Waals surface area contributed by atoms with Gasteiger partial charge in [-0.05, 0) is 18.6 Å². The molecular weight excluding hydrogens is 264 g/mol. The average molecular weight is 280 g/mol. The van der Waals surface area contributed by atoms with Gasteiger partial charge in [0.25, 0.3) is 5.22 Å². The highest BCUT2D eigenvalue weighted by molar-refractivity contribution is 7.99. The van der Waals surface area contributed by atoms with Gasteiger partial charge in [0, 0.05) is 20.3 Å². The fraction of sp³-hybridized carbons (Fsp3) is 0.385. The van der Waals surface area contributed by atoms with Crippen LogP contribution in [0.3, 0.4) is 0 Å². The first-order valence-electron chi connectivity index (χ1n) is 6.03. The first-order valence-corrected chi connectivity index (χ1v) is 7.02. The summed E-state index contributed by atoms with van der Waals surface area (Å²) in [7, 11) is 1.64. The Morgan fingerprint density at radius 3 is 3.11 bits per heavy atom. The van der Waals surface area contributed by atoms with Crippen molar-refractivity contribution in [3.63, 3.8) is 0 Å². The number of amides is 1. The summed E-state index contributed by atoms with van der Waals surface area (Å²) in [6, 6.07) is 7.54. The van der Waals surface area contributed by atoms with Gasteiger partial charge in [0.05, 0.1) is 5.75 Å². The molecule has 1 aromatic heterocycles. The third-order valence-electron chi connectivity index (χ3n) is 2.45. The van der Waals surface area contributed by atoms with E-state index in [0.29, 0.717) is 24.1 Å². The number of nitrogens with zero attached hydrogens (tertiary/aromatic N) is 1. The molecule has 1 aromatic carbocycles. The molecule has 19 heavy (non-hydrogen) atoms. The van der Waals surface area contributed by atoms with Gasteiger partial charge in [-0.15, -0.1) is 0 Å². The van der Waals surface area contributed by atoms with Crippen LogP contribution in [0, 0.1) is 0 Å². The number of hydrogen-bond acceptors (Lipinski definition) is 5. The maximum absolute atomic E-state index is 11.6. The Bertz CT molecular complexity index is 508. The minimum absolute atomic E-state index is 0.0247. The standard InChI is InChI=1S/C13H16N2O3S/c1-17-8-4-7-14-12(16)9-19-13-15-10-5-2-3-6-11(10)18-13/h2-3,5-6H,4,7-9H2,1H3,(H,14,16). The van der Waals surface area contributed by atoms with Crippen molar-refractivity contribution >= 4 is 28.8 Å². The highest BCUT2D eigenvalue weighted by atomic mass is 32.2. The quantitative estimate of drug-likeness (QED) is 0.621. The zero-order chi connectivity index (χ0) is 13.5. The summed E-state index contributed by atoms with van der Waals surface area (Å²) in [5.74, 6) is 0.281. The lowest BCUT2D eigenvalue weighted by molar-refractivity contribution is -0.118. The number of carbonyl (C=O) groups excluding carboxylic acids is 1. The van der Waals surface area contributed by atoms with Gasteiger partial charge in [-0.1, -0.05) is 23.9 Å². The van der Waals surface area contributed by atoms with E-state index in [0.717, 1.165) is 17.5 Å². The monoisotopic (exact) mass is 280 g/mol. The molecule has 0 spiro atoms. The molecule has 0 fully saturated rings. The molecule has 0 bridgehead atoms. The summed E-state index contributed by atoms with van der Waals surface area (Å²) in [5.41, 5.74) is 1.55. The summed E-state index contributed by atoms with van der Waals surface area (Å²) in [5, 5.41) is 3.33. The largest absolute Gasteiger partial charge is 0.431 e. The zero-order valence-electron chi connectivity index (χ0n) is 10.7. The average Bonchev–Trinajstić information content (AvgIpc) is 2.84. The fourth-order valence-electron chi connectivity index (χ4n) is 1.54. The summed E-state index contributed by atoms with van der Waals surface area (Å²) in [4.78, 5) is 15.8. The second kappa shape index (κ2) is 7.16. The predicted octanol–water partition coefficient (Wildman–Crippen LogP) is 2.07. The van der Waals surface area contributed by atoms with Crippen LogP contribution in [0.25, 0.3) is 11.1 Å². The minimum atomic E-state index is -0.0247. The Morgan fingerprint density at radius 2 is 2.32 bits per heavy atom. The topological polar surface area (TPSA) is 64.4 Å². The molecule has 6 heteroatoms. The maximum Gasteiger partial charge on any atom is 0.257 e. The van der Waals surface area contributed by atoms with Crippen LogP contribution in [0.5, 0.6) is 0 Å². The number of rotatable bonds is 7. The summed E-state index contributed by atoms with van der Waals surface area (Å²) in [6.45, 7) is 1.28. The van der Waals surface area contributed by atoms with Gasteiger partial charge in [0.1, 0.15) is 5.52 Å². The van der Waals surface area contributed by atoms with Crippen LogP contribution in [0.15, 0.2) is 33.9 Å². The number of oxazole rings is 1. The molecule has 0 radical (unpaired) electrons. The van der Waals surface area contributed by atoms with Crippen LogP contribution >= 0.6 is 11.8 Å². The molecule has 2 aromatic rings. The number of methoxy groups -OCH3 is 1. The first-order chi connectivity index (χ1) is 9.29. The van der Waals surface area contributed by atoms with Gasteiger partial charge in [0.2, 0.25) is 5.91 Å². The Kier molecular flexibility index (Phi) is 5.23. The second-order valence-electron chi connectivity index (χ2n) is 3.93. The van der Waals surface area contributed by atoms with Crippen molar-refractivity contribution in [3.8, 4) is 0 Å². The van der Waals surface area contributed by atoms with Crippen LogP contribution in [-0.2, 0) is 9.53 Å². The van der Waals surface area contributed by atoms with Crippen molar-refractivity contribution in [2.45, 2.75) is 11.6 Å². The number of nitrogens with one attached hydrogen (secondary N) is 1. The lowest BCUT2D eigenvalue weighted by Gasteiger charge is -2.02. The fourth-order valence-corrected chi connectivity index (χ4v) is 2.20. The molecule has 0 aliphatic rings. The molecule has 0 unspecified atom stereocenters. The van der Waals surface area contributed by atoms with E-state index in [4.69, 9.17) is 9.15 Å². The molecular formula is C13H16N2O3S. The normalized spacial score (nSPS) is 10.8. The number of carbonyl (C=O) groups is 1. The molecule has 5 nitrogen and oxygen atoms in total. The highest BCUT2D eigenvalue weighted by Crippen LogP contribution is 2.22. The molecule has 0 atom stereocenters. The number of thioether (sulfide) groups is 1. The van der Waals surface area contributed by atoms with Gasteiger partial charge < -0.3 is 14.5 Å². The van der Waals surface area contributed by atoms with E-state index in [1.165, 1.54) is 11.8 Å². The SMILES string of the molecule is COCCCNC(=O)CSc1nc2ccccc2o1. The van der Waals surface area contributed by atoms with Crippen molar-refractivity contribution in [1.29, 1.82) is 0 Å². The van der Waals surface area contributed by atoms with E-state index < -0.39 is 0 Å². The third-order valence-corrected chi connectivity index (χ3v) is 3.28. The molecule has 1 N–H and O–H groups in total. The number of fused-ring (bicyclic) bond motifs is 1. The number of benzene rings is 1. The molecule has 102 valence electrons. The number of para-hydroxylation sites is 2. The maximum atomic E-state index is 11.6. The summed E-state index contributed by atoms with van der Waals surface area (Å²) in [6.07, 6.45) is 0.815. The lowest BCUT2D eigenvalue weighted by Crippen LogP contribution is -2.26. The lowest BCUT2D eigenvalue weighted by atomic mass is 10.3. The van der Waals surface area contributed by atoms with Gasteiger partial charge >= 0.3 is 0 Å². The molecule has 1 amide bonds. The number of aromatic nitrogens is 1. The van der Waals surface area contributed by atoms with Crippen molar-refractivity contribution < 1.29 is 13.9 Å². The number of hydrogen-bond donors (Lipinski definition) is 1. The van der Waals surface area contributed by atoms with Gasteiger partial charge in [0.15, 0.2) is 5.58 Å². The molecule has 0 saturated heterocycles.